The fourth-order valence-corrected chi connectivity index (χ4v) is 0. The average Bonchev–Trinajstić information content (AvgIpc) is 0.811. The molecule has 0 aliphatic heterocycles. The van der Waals surface area contributed by atoms with Crippen LogP contribution in [-0.4, -0.2) is 11.4 Å². The number of carboxylic acids is 1. The molecule has 4 heteroatoms. The van der Waals surface area contributed by atoms with Crippen molar-refractivity contribution in [3.8, 4) is 0 Å². The Morgan fingerprint density at radius 1 is 1.67 bits per heavy atom. The molecule has 0 saturated carbocycles. The van der Waals surface area contributed by atoms with E-state index in [0.29, 0.717) is 0 Å². The second-order valence-corrected chi connectivity index (χ2v) is 0.492. The molecule has 0 amide bonds. The van der Waals surface area contributed by atoms with E-state index >= 15 is 0 Å². The van der Waals surface area contributed by atoms with E-state index in [-0.39, 0.29) is 43.6 Å². The summed E-state index contributed by atoms with van der Waals surface area (Å²) in [6.07, 6.45) is 0. The van der Waals surface area contributed by atoms with Gasteiger partial charge in [0.05, 0.1) is 0 Å². The Hall–Kier alpha value is 0.703. The molecule has 1 N–H and O–H groups in total. The smallest absolute Gasteiger partial charge is 0.870 e. The molecule has 0 bridgehead atoms. The Morgan fingerprint density at radius 3 is 1.67 bits per heavy atom. The fraction of sp³-hybridized carbons (Fsp3) is 0.500. The summed E-state index contributed by atoms with van der Waals surface area (Å²) in [5.41, 5.74) is 0. The summed E-state index contributed by atoms with van der Waals surface area (Å²) in [5.74, 6) is -1.08. The van der Waals surface area contributed by atoms with Crippen LogP contribution >= 0.6 is 0 Å². The summed E-state index contributed by atoms with van der Waals surface area (Å²) in [5, 5.41) is 8.89. The maximum atomic E-state index is 8.89. The maximum absolute atomic E-state index is 8.89. The van der Waals surface area contributed by atoms with E-state index < -0.39 is 5.97 Å². The number of aliphatic carboxylic acids is 1. The van der Waals surface area contributed by atoms with Crippen LogP contribution in [-0.2, 0) is 4.79 Å². The Kier molecular flexibility index (Phi) is 24.4. The molecule has 0 heterocycles. The van der Waals surface area contributed by atoms with Crippen LogP contribution in [0.2, 0.25) is 0 Å². The molecular formula is C2H4DyO3. The van der Waals surface area contributed by atoms with Gasteiger partial charge in [-0.15, -0.1) is 0 Å². The first-order valence-corrected chi connectivity index (χ1v) is 0.908. The molecule has 6 heavy (non-hydrogen) atoms. The maximum Gasteiger partial charge on any atom is 2.00 e. The van der Waals surface area contributed by atoms with Crippen molar-refractivity contribution in [2.75, 3.05) is 0 Å². The fourth-order valence-electron chi connectivity index (χ4n) is 0. The number of hydrogen-bond donors (Lipinski definition) is 0. The first kappa shape index (κ1) is 15.9. The second-order valence-electron chi connectivity index (χ2n) is 0.492. The standard InChI is InChI=1S/C2H4O2.Dy.H2O/c1-2(3)4;;/h1H3,(H,3,4);;1H2/q;+2;/p-2. The number of carboxylic acid groups (broad SMARTS) is 1. The van der Waals surface area contributed by atoms with Crippen LogP contribution in [0.1, 0.15) is 6.92 Å². The van der Waals surface area contributed by atoms with Crippen molar-refractivity contribution in [1.29, 1.82) is 0 Å². The normalized spacial score (nSPS) is 4.17. The summed E-state index contributed by atoms with van der Waals surface area (Å²) in [7, 11) is 0. The zero-order chi connectivity index (χ0) is 3.58. The van der Waals surface area contributed by atoms with Crippen molar-refractivity contribution in [3.05, 3.63) is 0 Å². The predicted molar refractivity (Wildman–Crippen MR) is 12.6 cm³/mol. The summed E-state index contributed by atoms with van der Waals surface area (Å²) in [6.45, 7) is 0.972. The minimum atomic E-state index is -1.08. The van der Waals surface area contributed by atoms with Gasteiger partial charge in [-0.25, -0.2) is 0 Å². The molecule has 40 valence electrons. The average molecular weight is 239 g/mol. The van der Waals surface area contributed by atoms with Gasteiger partial charge in [-0.1, -0.05) is 0 Å². The van der Waals surface area contributed by atoms with Crippen LogP contribution in [0.15, 0.2) is 0 Å². The summed E-state index contributed by atoms with van der Waals surface area (Å²) in [6, 6.07) is 0. The van der Waals surface area contributed by atoms with Gasteiger partial charge in [-0.2, -0.15) is 0 Å². The Balaban J connectivity index is -0.0000000450. The van der Waals surface area contributed by atoms with E-state index in [9.17, 15) is 0 Å². The van der Waals surface area contributed by atoms with Crippen molar-refractivity contribution in [2.45, 2.75) is 6.92 Å². The van der Waals surface area contributed by atoms with Crippen LogP contribution in [0, 0.1) is 38.2 Å². The second kappa shape index (κ2) is 9.20. The van der Waals surface area contributed by atoms with E-state index in [4.69, 9.17) is 9.90 Å². The molecule has 3 nitrogen and oxygen atoms in total. The molecule has 0 aromatic carbocycles. The molecule has 0 saturated heterocycles. The quantitative estimate of drug-likeness (QED) is 0.520. The molecule has 0 aromatic heterocycles. The van der Waals surface area contributed by atoms with E-state index in [1.807, 2.05) is 0 Å². The topological polar surface area (TPSA) is 70.1 Å². The minimum Gasteiger partial charge on any atom is -0.870 e. The zero-order valence-electron chi connectivity index (χ0n) is 3.08. The first-order chi connectivity index (χ1) is 1.73. The van der Waals surface area contributed by atoms with Gasteiger partial charge in [0.25, 0.3) is 0 Å². The first-order valence-electron chi connectivity index (χ1n) is 0.908. The van der Waals surface area contributed by atoms with E-state index in [1.165, 1.54) is 0 Å². The third-order valence-corrected chi connectivity index (χ3v) is 0. The van der Waals surface area contributed by atoms with Crippen LogP contribution in [0.4, 0.5) is 0 Å². The van der Waals surface area contributed by atoms with Crippen molar-refractivity contribution in [1.82, 2.24) is 0 Å². The van der Waals surface area contributed by atoms with Crippen LogP contribution in [0.3, 0.4) is 0 Å². The van der Waals surface area contributed by atoms with Gasteiger partial charge in [0.15, 0.2) is 0 Å². The SMILES string of the molecule is CC(=O)[O-].[Dy+2].[OH-]. The number of rotatable bonds is 0. The monoisotopic (exact) mass is 240 g/mol. The van der Waals surface area contributed by atoms with Gasteiger partial charge >= 0.3 is 38.2 Å². The summed E-state index contributed by atoms with van der Waals surface area (Å²) >= 11 is 0. The third kappa shape index (κ3) is 131. The molecule has 0 radical (unpaired) electrons. The van der Waals surface area contributed by atoms with Gasteiger partial charge < -0.3 is 15.4 Å². The summed E-state index contributed by atoms with van der Waals surface area (Å²) in [4.78, 5) is 8.89. The van der Waals surface area contributed by atoms with Gasteiger partial charge in [0, 0.05) is 5.97 Å². The number of hydrogen-bond acceptors (Lipinski definition) is 3. The van der Waals surface area contributed by atoms with Crippen molar-refractivity contribution < 1.29 is 53.6 Å². The van der Waals surface area contributed by atoms with Crippen LogP contribution in [0.5, 0.6) is 0 Å². The molecular weight excluding hydrogens is 235 g/mol. The van der Waals surface area contributed by atoms with Crippen molar-refractivity contribution in [2.24, 2.45) is 0 Å². The summed E-state index contributed by atoms with van der Waals surface area (Å²) < 4.78 is 0. The number of carbonyl (C=O) groups is 1. The number of carbonyl (C=O) groups excluding carboxylic acids is 1. The molecule has 0 spiro atoms. The zero-order valence-corrected chi connectivity index (χ0v) is 5.11. The Morgan fingerprint density at radius 2 is 1.67 bits per heavy atom. The van der Waals surface area contributed by atoms with Crippen molar-refractivity contribution >= 4 is 5.97 Å². The minimum absolute atomic E-state index is 0. The van der Waals surface area contributed by atoms with Gasteiger partial charge in [-0.3, -0.25) is 0 Å². The van der Waals surface area contributed by atoms with Crippen molar-refractivity contribution in [3.63, 3.8) is 0 Å². The molecule has 0 fully saturated rings. The van der Waals surface area contributed by atoms with Crippen LogP contribution < -0.4 is 5.11 Å². The molecule has 0 aliphatic rings. The molecule has 0 aliphatic carbocycles. The molecule has 0 atom stereocenters. The third-order valence-electron chi connectivity index (χ3n) is 0. The predicted octanol–water partition coefficient (Wildman–Crippen LogP) is -1.42. The van der Waals surface area contributed by atoms with E-state index in [1.54, 1.807) is 0 Å². The van der Waals surface area contributed by atoms with Gasteiger partial charge in [-0.05, 0) is 6.92 Å². The van der Waals surface area contributed by atoms with Gasteiger partial charge in [0.2, 0.25) is 0 Å². The van der Waals surface area contributed by atoms with Gasteiger partial charge in [0.1, 0.15) is 0 Å². The van der Waals surface area contributed by atoms with E-state index in [2.05, 4.69) is 0 Å². The molecule has 0 aromatic rings. The molecule has 0 rings (SSSR count). The van der Waals surface area contributed by atoms with E-state index in [0.717, 1.165) is 6.92 Å². The largest absolute Gasteiger partial charge is 2.00 e. The molecule has 0 unspecified atom stereocenters. The Bertz CT molecular complexity index is 31.8. The Labute approximate surface area is 66.1 Å². The van der Waals surface area contributed by atoms with Crippen LogP contribution in [0.25, 0.3) is 0 Å².